The first-order valence-electron chi connectivity index (χ1n) is 3.93. The molecule has 0 N–H and O–H groups in total. The Labute approximate surface area is 52.7 Å². The van der Waals surface area contributed by atoms with E-state index in [1.54, 1.807) is 0 Å². The van der Waals surface area contributed by atoms with Crippen LogP contribution in [0.2, 0.25) is 19.0 Å². The van der Waals surface area contributed by atoms with Gasteiger partial charge in [0.25, 0.3) is 0 Å². The lowest BCUT2D eigenvalue weighted by atomic mass is 9.40. The van der Waals surface area contributed by atoms with Crippen LogP contribution in [0.5, 0.6) is 0 Å². The Kier molecular flexibility index (Phi) is 2.45. The molecule has 0 aromatic heterocycles. The predicted molar refractivity (Wildman–Crippen MR) is 39.7 cm³/mol. The van der Waals surface area contributed by atoms with Crippen molar-refractivity contribution < 1.29 is 0 Å². The van der Waals surface area contributed by atoms with Crippen molar-refractivity contribution in [2.45, 2.75) is 45.1 Å². The van der Waals surface area contributed by atoms with Crippen molar-refractivity contribution in [1.29, 1.82) is 0 Å². The van der Waals surface area contributed by atoms with E-state index in [0.717, 1.165) is 6.71 Å². The van der Waals surface area contributed by atoms with E-state index in [2.05, 4.69) is 6.92 Å². The van der Waals surface area contributed by atoms with Gasteiger partial charge in [0.1, 0.15) is 6.71 Å². The number of hydrogen-bond acceptors (Lipinski definition) is 0. The second-order valence-electron chi connectivity index (χ2n) is 2.91. The average Bonchev–Trinajstić information content (AvgIpc) is 1.90. The van der Waals surface area contributed by atoms with E-state index in [4.69, 9.17) is 0 Å². The van der Waals surface area contributed by atoms with Crippen LogP contribution in [0.4, 0.5) is 0 Å². The van der Waals surface area contributed by atoms with Gasteiger partial charge in [0.2, 0.25) is 0 Å². The summed E-state index contributed by atoms with van der Waals surface area (Å²) in [7, 11) is 0. The van der Waals surface area contributed by atoms with Gasteiger partial charge in [0, 0.05) is 0 Å². The van der Waals surface area contributed by atoms with Gasteiger partial charge in [0.05, 0.1) is 0 Å². The van der Waals surface area contributed by atoms with Crippen LogP contribution in [0.25, 0.3) is 0 Å². The molecule has 0 bridgehead atoms. The summed E-state index contributed by atoms with van der Waals surface area (Å²) < 4.78 is 0. The van der Waals surface area contributed by atoms with Gasteiger partial charge < -0.3 is 0 Å². The van der Waals surface area contributed by atoms with Crippen LogP contribution in [-0.4, -0.2) is 6.71 Å². The molecule has 0 atom stereocenters. The molecule has 1 fully saturated rings. The molecule has 8 heavy (non-hydrogen) atoms. The molecule has 1 saturated heterocycles. The fraction of sp³-hybridized carbons (Fsp3) is 1.00. The molecule has 0 spiro atoms. The third kappa shape index (κ3) is 1.54. The summed E-state index contributed by atoms with van der Waals surface area (Å²) in [5.74, 6) is 0. The summed E-state index contributed by atoms with van der Waals surface area (Å²) >= 11 is 0. The fourth-order valence-corrected chi connectivity index (χ4v) is 1.60. The zero-order chi connectivity index (χ0) is 5.82. The molecule has 1 aliphatic heterocycles. The van der Waals surface area contributed by atoms with Crippen LogP contribution < -0.4 is 0 Å². The number of rotatable bonds is 1. The molecule has 1 rings (SSSR count). The normalized spacial score (nSPS) is 21.4. The highest BCUT2D eigenvalue weighted by Crippen LogP contribution is 2.20. The van der Waals surface area contributed by atoms with Gasteiger partial charge >= 0.3 is 0 Å². The Bertz CT molecular complexity index is 55.4. The standard InChI is InChI=1S/C7H15B/c1-2-8-6-4-3-5-7-8/h2-7H2,1H3. The van der Waals surface area contributed by atoms with E-state index in [1.165, 1.54) is 38.2 Å². The molecule has 0 radical (unpaired) electrons. The maximum absolute atomic E-state index is 2.32. The highest BCUT2D eigenvalue weighted by atomic mass is 13.9. The van der Waals surface area contributed by atoms with E-state index in [9.17, 15) is 0 Å². The zero-order valence-corrected chi connectivity index (χ0v) is 5.82. The monoisotopic (exact) mass is 110 g/mol. The summed E-state index contributed by atoms with van der Waals surface area (Å²) in [6.45, 7) is 3.40. The minimum absolute atomic E-state index is 1.09. The fourth-order valence-electron chi connectivity index (χ4n) is 1.60. The van der Waals surface area contributed by atoms with E-state index in [1.807, 2.05) is 0 Å². The highest BCUT2D eigenvalue weighted by molar-refractivity contribution is 6.58. The average molecular weight is 110 g/mol. The third-order valence-electron chi connectivity index (χ3n) is 2.30. The Morgan fingerprint density at radius 2 is 1.75 bits per heavy atom. The van der Waals surface area contributed by atoms with Crippen molar-refractivity contribution >= 4 is 6.71 Å². The molecule has 0 nitrogen and oxygen atoms in total. The van der Waals surface area contributed by atoms with Crippen molar-refractivity contribution in [2.24, 2.45) is 0 Å². The van der Waals surface area contributed by atoms with Gasteiger partial charge in [0.15, 0.2) is 0 Å². The summed E-state index contributed by atoms with van der Waals surface area (Å²) in [4.78, 5) is 0. The van der Waals surface area contributed by atoms with Gasteiger partial charge in [-0.3, -0.25) is 0 Å². The molecule has 0 aromatic carbocycles. The molecule has 0 saturated carbocycles. The maximum Gasteiger partial charge on any atom is 0.139 e. The van der Waals surface area contributed by atoms with Crippen LogP contribution in [0, 0.1) is 0 Å². The summed E-state index contributed by atoms with van der Waals surface area (Å²) in [6.07, 6.45) is 8.93. The van der Waals surface area contributed by atoms with Crippen LogP contribution in [0.3, 0.4) is 0 Å². The van der Waals surface area contributed by atoms with E-state index >= 15 is 0 Å². The maximum atomic E-state index is 2.32. The predicted octanol–water partition coefficient (Wildman–Crippen LogP) is 2.69. The molecular weight excluding hydrogens is 94.9 g/mol. The lowest BCUT2D eigenvalue weighted by Crippen LogP contribution is -2.13. The highest BCUT2D eigenvalue weighted by Gasteiger charge is 2.13. The Balaban J connectivity index is 2.13. The summed E-state index contributed by atoms with van der Waals surface area (Å²) in [5.41, 5.74) is 0. The van der Waals surface area contributed by atoms with Crippen molar-refractivity contribution in [2.75, 3.05) is 0 Å². The van der Waals surface area contributed by atoms with E-state index in [-0.39, 0.29) is 0 Å². The Hall–Kier alpha value is 0.0649. The minimum Gasteiger partial charge on any atom is -0.0770 e. The van der Waals surface area contributed by atoms with Crippen LogP contribution >= 0.6 is 0 Å². The van der Waals surface area contributed by atoms with Crippen LogP contribution in [0.1, 0.15) is 26.2 Å². The molecule has 0 amide bonds. The number of hydrogen-bond donors (Lipinski definition) is 0. The molecule has 0 aliphatic carbocycles. The van der Waals surface area contributed by atoms with Crippen molar-refractivity contribution in [1.82, 2.24) is 0 Å². The molecule has 1 aliphatic rings. The lowest BCUT2D eigenvalue weighted by molar-refractivity contribution is 0.721. The first kappa shape index (κ1) is 6.19. The smallest absolute Gasteiger partial charge is 0.0770 e. The van der Waals surface area contributed by atoms with E-state index in [0.29, 0.717) is 0 Å². The molecule has 0 unspecified atom stereocenters. The van der Waals surface area contributed by atoms with Gasteiger partial charge in [-0.15, -0.1) is 0 Å². The first-order chi connectivity index (χ1) is 3.93. The topological polar surface area (TPSA) is 0 Å². The van der Waals surface area contributed by atoms with Crippen molar-refractivity contribution in [3.8, 4) is 0 Å². The lowest BCUT2D eigenvalue weighted by Gasteiger charge is -2.15. The molecular formula is C7H15B. The summed E-state index contributed by atoms with van der Waals surface area (Å²) in [5, 5.41) is 0. The van der Waals surface area contributed by atoms with Gasteiger partial charge in [-0.25, -0.2) is 0 Å². The van der Waals surface area contributed by atoms with Gasteiger partial charge in [-0.1, -0.05) is 45.1 Å². The quantitative estimate of drug-likeness (QED) is 0.455. The molecule has 0 aromatic rings. The SMILES string of the molecule is CCB1CCCCC1. The first-order valence-corrected chi connectivity index (χ1v) is 3.93. The third-order valence-corrected chi connectivity index (χ3v) is 2.30. The van der Waals surface area contributed by atoms with Crippen molar-refractivity contribution in [3.05, 3.63) is 0 Å². The molecule has 1 heterocycles. The van der Waals surface area contributed by atoms with Crippen LogP contribution in [0.15, 0.2) is 0 Å². The van der Waals surface area contributed by atoms with Crippen LogP contribution in [-0.2, 0) is 0 Å². The summed E-state index contributed by atoms with van der Waals surface area (Å²) in [6, 6.07) is 0. The minimum atomic E-state index is 1.09. The Morgan fingerprint density at radius 3 is 2.12 bits per heavy atom. The zero-order valence-electron chi connectivity index (χ0n) is 5.82. The van der Waals surface area contributed by atoms with Gasteiger partial charge in [-0.05, 0) is 0 Å². The van der Waals surface area contributed by atoms with Crippen molar-refractivity contribution in [3.63, 3.8) is 0 Å². The largest absolute Gasteiger partial charge is 0.139 e. The Morgan fingerprint density at radius 1 is 1.12 bits per heavy atom. The second kappa shape index (κ2) is 3.16. The van der Waals surface area contributed by atoms with E-state index < -0.39 is 0 Å². The molecule has 46 valence electrons. The van der Waals surface area contributed by atoms with Gasteiger partial charge in [-0.2, -0.15) is 0 Å². The molecule has 1 heteroatoms. The second-order valence-corrected chi connectivity index (χ2v) is 2.91.